The average Bonchev–Trinajstić information content (AvgIpc) is 2.74. The maximum absolute atomic E-state index is 5.19. The van der Waals surface area contributed by atoms with Gasteiger partial charge < -0.3 is 14.7 Å². The summed E-state index contributed by atoms with van der Waals surface area (Å²) in [4.78, 5) is 6.29. The van der Waals surface area contributed by atoms with Crippen molar-refractivity contribution in [2.24, 2.45) is 0 Å². The van der Waals surface area contributed by atoms with Crippen molar-refractivity contribution in [3.63, 3.8) is 0 Å². The second-order valence-electron chi connectivity index (χ2n) is 4.00. The molecule has 5 nitrogen and oxygen atoms in total. The Bertz CT molecular complexity index is 300. The average molecular weight is 226 g/mol. The van der Waals surface area contributed by atoms with Gasteiger partial charge in [0.05, 0.1) is 0 Å². The number of nitrogens with one attached hydrogen (secondary N) is 1. The Kier molecular flexibility index (Phi) is 5.25. The maximum atomic E-state index is 5.19. The van der Waals surface area contributed by atoms with Gasteiger partial charge in [0.25, 0.3) is 5.95 Å². The van der Waals surface area contributed by atoms with Gasteiger partial charge in [0.2, 0.25) is 5.89 Å². The van der Waals surface area contributed by atoms with Crippen LogP contribution in [0.4, 0.5) is 5.95 Å². The molecular formula is C11H22N4O. The van der Waals surface area contributed by atoms with Crippen LogP contribution in [0.2, 0.25) is 0 Å². The summed E-state index contributed by atoms with van der Waals surface area (Å²) in [5.41, 5.74) is 0. The highest BCUT2D eigenvalue weighted by Crippen LogP contribution is 2.09. The number of rotatable bonds is 7. The van der Waals surface area contributed by atoms with Gasteiger partial charge in [-0.3, -0.25) is 0 Å². The van der Waals surface area contributed by atoms with Gasteiger partial charge in [-0.25, -0.2) is 0 Å². The first kappa shape index (κ1) is 13.0. The van der Waals surface area contributed by atoms with E-state index in [9.17, 15) is 0 Å². The standard InChI is InChI=1S/C11H22N4O/c1-5-12-9(3)7-8-10-13-11(14-16-10)15(4)6-2/h9,12H,5-8H2,1-4H3. The van der Waals surface area contributed by atoms with Gasteiger partial charge in [0.15, 0.2) is 0 Å². The predicted molar refractivity (Wildman–Crippen MR) is 64.7 cm³/mol. The quantitative estimate of drug-likeness (QED) is 0.762. The number of hydrogen-bond acceptors (Lipinski definition) is 5. The molecule has 0 aromatic carbocycles. The molecule has 0 fully saturated rings. The van der Waals surface area contributed by atoms with Crippen molar-refractivity contribution in [3.05, 3.63) is 5.89 Å². The molecular weight excluding hydrogens is 204 g/mol. The van der Waals surface area contributed by atoms with Crippen LogP contribution in [0.1, 0.15) is 33.1 Å². The van der Waals surface area contributed by atoms with Crippen molar-refractivity contribution in [1.82, 2.24) is 15.5 Å². The number of anilines is 1. The topological polar surface area (TPSA) is 54.2 Å². The zero-order valence-corrected chi connectivity index (χ0v) is 10.7. The molecule has 0 amide bonds. The summed E-state index contributed by atoms with van der Waals surface area (Å²) in [6.07, 6.45) is 1.85. The molecule has 1 unspecified atom stereocenters. The molecule has 16 heavy (non-hydrogen) atoms. The molecule has 1 rings (SSSR count). The summed E-state index contributed by atoms with van der Waals surface area (Å²) >= 11 is 0. The van der Waals surface area contributed by atoms with E-state index in [1.165, 1.54) is 0 Å². The minimum atomic E-state index is 0.490. The third-order valence-electron chi connectivity index (χ3n) is 2.62. The Labute approximate surface area is 97.2 Å². The molecule has 92 valence electrons. The molecule has 1 heterocycles. The van der Waals surface area contributed by atoms with Crippen LogP contribution in [0.5, 0.6) is 0 Å². The van der Waals surface area contributed by atoms with Gasteiger partial charge in [-0.1, -0.05) is 6.92 Å². The van der Waals surface area contributed by atoms with E-state index in [0.717, 1.165) is 31.8 Å². The molecule has 0 spiro atoms. The zero-order valence-electron chi connectivity index (χ0n) is 10.7. The summed E-state index contributed by atoms with van der Waals surface area (Å²) in [5, 5.41) is 7.29. The molecule has 1 aromatic heterocycles. The first-order chi connectivity index (χ1) is 7.67. The number of aryl methyl sites for hydroxylation is 1. The van der Waals surface area contributed by atoms with Gasteiger partial charge in [0.1, 0.15) is 0 Å². The van der Waals surface area contributed by atoms with Crippen molar-refractivity contribution < 1.29 is 4.52 Å². The molecule has 0 saturated heterocycles. The van der Waals surface area contributed by atoms with Gasteiger partial charge in [-0.2, -0.15) is 4.98 Å². The molecule has 0 saturated carbocycles. The first-order valence-corrected chi connectivity index (χ1v) is 5.94. The van der Waals surface area contributed by atoms with Crippen LogP contribution in [0, 0.1) is 0 Å². The Balaban J connectivity index is 2.40. The van der Waals surface area contributed by atoms with Crippen LogP contribution in [-0.4, -0.2) is 36.3 Å². The molecule has 0 aliphatic heterocycles. The van der Waals surface area contributed by atoms with Gasteiger partial charge >= 0.3 is 0 Å². The number of aromatic nitrogens is 2. The fourth-order valence-corrected chi connectivity index (χ4v) is 1.43. The van der Waals surface area contributed by atoms with Crippen LogP contribution in [-0.2, 0) is 6.42 Å². The lowest BCUT2D eigenvalue weighted by Gasteiger charge is -2.10. The molecule has 5 heteroatoms. The SMILES string of the molecule is CCNC(C)CCc1nc(N(C)CC)no1. The van der Waals surface area contributed by atoms with Crippen molar-refractivity contribution in [3.8, 4) is 0 Å². The number of nitrogens with zero attached hydrogens (tertiary/aromatic N) is 3. The Morgan fingerprint density at radius 2 is 2.19 bits per heavy atom. The third kappa shape index (κ3) is 3.81. The van der Waals surface area contributed by atoms with Crippen LogP contribution < -0.4 is 10.2 Å². The highest BCUT2D eigenvalue weighted by Gasteiger charge is 2.10. The summed E-state index contributed by atoms with van der Waals surface area (Å²) in [5.74, 6) is 1.40. The number of hydrogen-bond donors (Lipinski definition) is 1. The van der Waals surface area contributed by atoms with E-state index in [-0.39, 0.29) is 0 Å². The lowest BCUT2D eigenvalue weighted by Crippen LogP contribution is -2.25. The first-order valence-electron chi connectivity index (χ1n) is 5.94. The molecule has 1 atom stereocenters. The smallest absolute Gasteiger partial charge is 0.265 e. The highest BCUT2D eigenvalue weighted by atomic mass is 16.5. The molecule has 0 aliphatic rings. The molecule has 0 bridgehead atoms. The summed E-state index contributed by atoms with van der Waals surface area (Å²) < 4.78 is 5.19. The van der Waals surface area contributed by atoms with Crippen LogP contribution in [0.3, 0.4) is 0 Å². The lowest BCUT2D eigenvalue weighted by molar-refractivity contribution is 0.367. The summed E-state index contributed by atoms with van der Waals surface area (Å²) in [6, 6.07) is 0.490. The predicted octanol–water partition coefficient (Wildman–Crippen LogP) is 1.46. The van der Waals surface area contributed by atoms with Gasteiger partial charge in [0, 0.05) is 26.1 Å². The van der Waals surface area contributed by atoms with Crippen molar-refractivity contribution in [2.75, 3.05) is 25.0 Å². The van der Waals surface area contributed by atoms with Crippen molar-refractivity contribution in [1.29, 1.82) is 0 Å². The fraction of sp³-hybridized carbons (Fsp3) is 0.818. The Hall–Kier alpha value is -1.10. The second kappa shape index (κ2) is 6.48. The van der Waals surface area contributed by atoms with E-state index in [2.05, 4.69) is 36.2 Å². The van der Waals surface area contributed by atoms with E-state index in [4.69, 9.17) is 4.52 Å². The minimum Gasteiger partial charge on any atom is -0.342 e. The molecule has 0 radical (unpaired) electrons. The maximum Gasteiger partial charge on any atom is 0.265 e. The molecule has 1 aromatic rings. The Morgan fingerprint density at radius 1 is 1.44 bits per heavy atom. The van der Waals surface area contributed by atoms with Crippen LogP contribution >= 0.6 is 0 Å². The van der Waals surface area contributed by atoms with Crippen molar-refractivity contribution >= 4 is 5.95 Å². The third-order valence-corrected chi connectivity index (χ3v) is 2.62. The molecule has 0 aliphatic carbocycles. The monoisotopic (exact) mass is 226 g/mol. The second-order valence-corrected chi connectivity index (χ2v) is 4.00. The van der Waals surface area contributed by atoms with Crippen molar-refractivity contribution in [2.45, 2.75) is 39.7 Å². The van der Waals surface area contributed by atoms with Crippen LogP contribution in [0.15, 0.2) is 4.52 Å². The van der Waals surface area contributed by atoms with Gasteiger partial charge in [-0.05, 0) is 32.0 Å². The van der Waals surface area contributed by atoms with E-state index >= 15 is 0 Å². The lowest BCUT2D eigenvalue weighted by atomic mass is 10.2. The van der Waals surface area contributed by atoms with Crippen LogP contribution in [0.25, 0.3) is 0 Å². The highest BCUT2D eigenvalue weighted by molar-refractivity contribution is 5.24. The fourth-order valence-electron chi connectivity index (χ4n) is 1.43. The van der Waals surface area contributed by atoms with E-state index in [1.54, 1.807) is 0 Å². The van der Waals surface area contributed by atoms with E-state index in [0.29, 0.717) is 12.0 Å². The largest absolute Gasteiger partial charge is 0.342 e. The zero-order chi connectivity index (χ0) is 12.0. The Morgan fingerprint density at radius 3 is 2.81 bits per heavy atom. The molecule has 1 N–H and O–H groups in total. The van der Waals surface area contributed by atoms with E-state index in [1.807, 2.05) is 11.9 Å². The van der Waals surface area contributed by atoms with E-state index < -0.39 is 0 Å². The summed E-state index contributed by atoms with van der Waals surface area (Å²) in [7, 11) is 1.95. The summed E-state index contributed by atoms with van der Waals surface area (Å²) in [6.45, 7) is 8.21. The van der Waals surface area contributed by atoms with Gasteiger partial charge in [-0.15, -0.1) is 0 Å². The normalized spacial score (nSPS) is 12.8. The minimum absolute atomic E-state index is 0.490.